The summed E-state index contributed by atoms with van der Waals surface area (Å²) in [7, 11) is -1.83. The molecular formula is C13H19N3O2S. The van der Waals surface area contributed by atoms with Crippen LogP contribution in [0.15, 0.2) is 23.4 Å². The van der Waals surface area contributed by atoms with Crippen LogP contribution in [0, 0.1) is 11.8 Å². The zero-order valence-corrected chi connectivity index (χ0v) is 11.8. The molecule has 0 saturated heterocycles. The number of hydrogen-bond acceptors (Lipinski definition) is 4. The van der Waals surface area contributed by atoms with Gasteiger partial charge in [-0.25, -0.2) is 18.1 Å². The molecule has 1 aromatic heterocycles. The van der Waals surface area contributed by atoms with Crippen LogP contribution in [0.1, 0.15) is 25.7 Å². The molecule has 0 bridgehead atoms. The van der Waals surface area contributed by atoms with Gasteiger partial charge in [-0.15, -0.1) is 0 Å². The van der Waals surface area contributed by atoms with Gasteiger partial charge in [0.15, 0.2) is 5.03 Å². The molecular weight excluding hydrogens is 262 g/mol. The number of hydrogen-bond donors (Lipinski definition) is 2. The van der Waals surface area contributed by atoms with Crippen molar-refractivity contribution in [2.75, 3.05) is 12.4 Å². The first-order chi connectivity index (χ1) is 9.12. The lowest BCUT2D eigenvalue weighted by molar-refractivity contribution is 0.470. The number of sulfonamides is 1. The van der Waals surface area contributed by atoms with Gasteiger partial charge < -0.3 is 5.32 Å². The maximum atomic E-state index is 12.5. The van der Waals surface area contributed by atoms with Crippen LogP contribution >= 0.6 is 0 Å². The quantitative estimate of drug-likeness (QED) is 0.830. The van der Waals surface area contributed by atoms with Crippen LogP contribution in [0.5, 0.6) is 0 Å². The van der Waals surface area contributed by atoms with Crippen molar-refractivity contribution >= 4 is 15.7 Å². The van der Waals surface area contributed by atoms with Crippen LogP contribution in [0.3, 0.4) is 0 Å². The van der Waals surface area contributed by atoms with E-state index in [4.69, 9.17) is 0 Å². The summed E-state index contributed by atoms with van der Waals surface area (Å²) in [5.74, 6) is 1.06. The van der Waals surface area contributed by atoms with Crippen molar-refractivity contribution in [2.45, 2.75) is 36.8 Å². The molecule has 19 heavy (non-hydrogen) atoms. The summed E-state index contributed by atoms with van der Waals surface area (Å²) in [6.45, 7) is 0. The van der Waals surface area contributed by atoms with Gasteiger partial charge in [-0.3, -0.25) is 0 Å². The van der Waals surface area contributed by atoms with E-state index in [0.29, 0.717) is 17.5 Å². The number of nitrogens with zero attached hydrogens (tertiary/aromatic N) is 1. The lowest BCUT2D eigenvalue weighted by Gasteiger charge is -2.18. The molecule has 2 N–H and O–H groups in total. The fraction of sp³-hybridized carbons (Fsp3) is 0.615. The fourth-order valence-electron chi connectivity index (χ4n) is 2.52. The molecule has 2 fully saturated rings. The highest BCUT2D eigenvalue weighted by Gasteiger charge is 2.43. The Bertz CT molecular complexity index is 553. The van der Waals surface area contributed by atoms with E-state index >= 15 is 0 Å². The molecule has 0 atom stereocenters. The standard InChI is InChI=1S/C13H19N3O2S/c1-14-11-3-2-8-15-13(11)19(17,18)16-12(9-4-5-9)10-6-7-10/h2-3,8-10,12,14,16H,4-7H2,1H3. The molecule has 0 unspecified atom stereocenters. The average molecular weight is 281 g/mol. The molecule has 6 heteroatoms. The predicted molar refractivity (Wildman–Crippen MR) is 73.3 cm³/mol. The highest BCUT2D eigenvalue weighted by molar-refractivity contribution is 7.89. The van der Waals surface area contributed by atoms with Gasteiger partial charge in [0.1, 0.15) is 0 Å². The van der Waals surface area contributed by atoms with Crippen molar-refractivity contribution in [1.29, 1.82) is 0 Å². The zero-order chi connectivity index (χ0) is 13.5. The van der Waals surface area contributed by atoms with Crippen LogP contribution in [-0.2, 0) is 10.0 Å². The topological polar surface area (TPSA) is 71.1 Å². The Morgan fingerprint density at radius 2 is 1.89 bits per heavy atom. The van der Waals surface area contributed by atoms with Gasteiger partial charge in [0.05, 0.1) is 5.69 Å². The summed E-state index contributed by atoms with van der Waals surface area (Å²) < 4.78 is 27.8. The Hall–Kier alpha value is -1.14. The zero-order valence-electron chi connectivity index (χ0n) is 11.0. The van der Waals surface area contributed by atoms with E-state index in [1.807, 2.05) is 0 Å². The Kier molecular flexibility index (Phi) is 3.22. The molecule has 0 spiro atoms. The predicted octanol–water partition coefficient (Wildman–Crippen LogP) is 1.59. The first kappa shape index (κ1) is 12.9. The van der Waals surface area contributed by atoms with Crippen molar-refractivity contribution in [1.82, 2.24) is 9.71 Å². The first-order valence-corrected chi connectivity index (χ1v) is 8.25. The molecule has 2 saturated carbocycles. The van der Waals surface area contributed by atoms with Crippen LogP contribution in [0.25, 0.3) is 0 Å². The second kappa shape index (κ2) is 4.76. The van der Waals surface area contributed by atoms with Gasteiger partial charge in [0.2, 0.25) is 0 Å². The van der Waals surface area contributed by atoms with Gasteiger partial charge in [-0.1, -0.05) is 0 Å². The third-order valence-corrected chi connectivity index (χ3v) is 5.26. The highest BCUT2D eigenvalue weighted by atomic mass is 32.2. The van der Waals surface area contributed by atoms with Gasteiger partial charge >= 0.3 is 0 Å². The second-order valence-corrected chi connectivity index (χ2v) is 7.06. The lowest BCUT2D eigenvalue weighted by atomic mass is 10.1. The SMILES string of the molecule is CNc1cccnc1S(=O)(=O)NC(C1CC1)C1CC1. The van der Waals surface area contributed by atoms with Crippen LogP contribution < -0.4 is 10.0 Å². The summed E-state index contributed by atoms with van der Waals surface area (Å²) in [6, 6.07) is 3.56. The van der Waals surface area contributed by atoms with E-state index in [-0.39, 0.29) is 11.1 Å². The minimum absolute atomic E-state index is 0.101. The number of anilines is 1. The van der Waals surface area contributed by atoms with Crippen LogP contribution in [-0.4, -0.2) is 26.5 Å². The van der Waals surface area contributed by atoms with Gasteiger partial charge in [0, 0.05) is 19.3 Å². The Balaban J connectivity index is 1.85. The third-order valence-electron chi connectivity index (χ3n) is 3.85. The fourth-order valence-corrected chi connectivity index (χ4v) is 4.03. The molecule has 104 valence electrons. The van der Waals surface area contributed by atoms with Crippen molar-refractivity contribution in [2.24, 2.45) is 11.8 Å². The summed E-state index contributed by atoms with van der Waals surface area (Å²) >= 11 is 0. The molecule has 2 aliphatic rings. The summed E-state index contributed by atoms with van der Waals surface area (Å²) in [5.41, 5.74) is 0.542. The van der Waals surface area contributed by atoms with Gasteiger partial charge in [0.25, 0.3) is 10.0 Å². The van der Waals surface area contributed by atoms with Crippen LogP contribution in [0.4, 0.5) is 5.69 Å². The number of rotatable bonds is 6. The summed E-state index contributed by atoms with van der Waals surface area (Å²) in [6.07, 6.45) is 6.09. The summed E-state index contributed by atoms with van der Waals surface area (Å²) in [4.78, 5) is 4.02. The Morgan fingerprint density at radius 1 is 1.26 bits per heavy atom. The van der Waals surface area contributed by atoms with Crippen molar-refractivity contribution in [3.8, 4) is 0 Å². The van der Waals surface area contributed by atoms with Crippen molar-refractivity contribution < 1.29 is 8.42 Å². The van der Waals surface area contributed by atoms with E-state index in [2.05, 4.69) is 15.0 Å². The van der Waals surface area contributed by atoms with E-state index in [1.54, 1.807) is 19.2 Å². The smallest absolute Gasteiger partial charge is 0.260 e. The van der Waals surface area contributed by atoms with Gasteiger partial charge in [-0.05, 0) is 49.7 Å². The minimum atomic E-state index is -3.54. The van der Waals surface area contributed by atoms with Crippen LogP contribution in [0.2, 0.25) is 0 Å². The van der Waals surface area contributed by atoms with Crippen molar-refractivity contribution in [3.05, 3.63) is 18.3 Å². The highest BCUT2D eigenvalue weighted by Crippen LogP contribution is 2.45. The minimum Gasteiger partial charge on any atom is -0.386 e. The molecule has 0 aliphatic heterocycles. The molecule has 0 aromatic carbocycles. The molecule has 0 amide bonds. The average Bonchev–Trinajstić information content (AvgIpc) is 3.29. The Morgan fingerprint density at radius 3 is 2.42 bits per heavy atom. The molecule has 1 aromatic rings. The molecule has 3 rings (SSSR count). The normalized spacial score (nSPS) is 19.7. The number of aromatic nitrogens is 1. The molecule has 0 radical (unpaired) electrons. The largest absolute Gasteiger partial charge is 0.386 e. The number of nitrogens with one attached hydrogen (secondary N) is 2. The number of pyridine rings is 1. The molecule has 2 aliphatic carbocycles. The molecule has 5 nitrogen and oxygen atoms in total. The maximum Gasteiger partial charge on any atom is 0.260 e. The first-order valence-electron chi connectivity index (χ1n) is 6.77. The lowest BCUT2D eigenvalue weighted by Crippen LogP contribution is -2.38. The second-order valence-electron chi connectivity index (χ2n) is 5.43. The van der Waals surface area contributed by atoms with Gasteiger partial charge in [-0.2, -0.15) is 0 Å². The van der Waals surface area contributed by atoms with E-state index < -0.39 is 10.0 Å². The van der Waals surface area contributed by atoms with E-state index in [1.165, 1.54) is 6.20 Å². The molecule has 1 heterocycles. The monoisotopic (exact) mass is 281 g/mol. The van der Waals surface area contributed by atoms with E-state index in [0.717, 1.165) is 25.7 Å². The Labute approximate surface area is 113 Å². The van der Waals surface area contributed by atoms with E-state index in [9.17, 15) is 8.42 Å². The summed E-state index contributed by atoms with van der Waals surface area (Å²) in [5, 5.41) is 2.98. The van der Waals surface area contributed by atoms with Crippen molar-refractivity contribution in [3.63, 3.8) is 0 Å². The maximum absolute atomic E-state index is 12.5. The third kappa shape index (κ3) is 2.74.